The molecule has 0 unspecified atom stereocenters. The molecular formula is C17H25NO. The van der Waals surface area contributed by atoms with Crippen LogP contribution in [0.15, 0.2) is 6.07 Å². The minimum Gasteiger partial charge on any atom is -0.222 e. The highest BCUT2D eigenvalue weighted by molar-refractivity contribution is 5.95. The van der Waals surface area contributed by atoms with E-state index in [-0.39, 0.29) is 0 Å². The highest BCUT2D eigenvalue weighted by atomic mass is 16.1. The summed E-state index contributed by atoms with van der Waals surface area (Å²) in [6, 6.07) is 2.48. The third-order valence-electron chi connectivity index (χ3n) is 3.39. The Bertz CT molecular complexity index is 446. The average Bonchev–Trinajstić information content (AvgIpc) is 2.92. The van der Waals surface area contributed by atoms with E-state index in [0.29, 0.717) is 0 Å². The molecule has 2 nitrogen and oxygen atoms in total. The number of hydrogen-bond acceptors (Lipinski definition) is 2. The van der Waals surface area contributed by atoms with Crippen LogP contribution >= 0.6 is 0 Å². The minimum absolute atomic E-state index is 0.750. The van der Waals surface area contributed by atoms with Gasteiger partial charge in [-0.15, -0.1) is 0 Å². The zero-order chi connectivity index (χ0) is 14.6. The first-order valence-electron chi connectivity index (χ1n) is 7.18. The lowest BCUT2D eigenvalue weighted by Gasteiger charge is -2.04. The standard InChI is InChI=1S/C16H24.CHNO/c1-6-14-15-12(7-10(2)3)9-13(16(14)15)8-11(4)5;2-1-3/h9-11H,6-8H2,1-5H3;2H. The van der Waals surface area contributed by atoms with Crippen LogP contribution in [0.5, 0.6) is 0 Å². The van der Waals surface area contributed by atoms with E-state index in [9.17, 15) is 0 Å². The van der Waals surface area contributed by atoms with Crippen LogP contribution in [0.4, 0.5) is 0 Å². The van der Waals surface area contributed by atoms with E-state index in [0.717, 1.165) is 17.9 Å². The summed E-state index contributed by atoms with van der Waals surface area (Å²) in [5.74, 6) is 1.55. The van der Waals surface area contributed by atoms with Crippen molar-refractivity contribution in [3.8, 4) is 11.1 Å². The number of aryl methyl sites for hydroxylation is 1. The van der Waals surface area contributed by atoms with E-state index < -0.39 is 0 Å². The van der Waals surface area contributed by atoms with Crippen LogP contribution in [0.25, 0.3) is 11.1 Å². The molecule has 0 aromatic carbocycles. The van der Waals surface area contributed by atoms with Gasteiger partial charge in [-0.3, -0.25) is 0 Å². The second-order valence-corrected chi connectivity index (χ2v) is 6.07. The zero-order valence-corrected chi connectivity index (χ0v) is 12.8. The molecule has 0 amide bonds. The van der Waals surface area contributed by atoms with Gasteiger partial charge < -0.3 is 0 Å². The lowest BCUT2D eigenvalue weighted by molar-refractivity contribution is 0.563. The monoisotopic (exact) mass is 259 g/mol. The summed E-state index contributed by atoms with van der Waals surface area (Å²) in [5, 5.41) is 5.40. The highest BCUT2D eigenvalue weighted by Gasteiger charge is 2.31. The van der Waals surface area contributed by atoms with Crippen molar-refractivity contribution >= 4 is 6.08 Å². The Balaban J connectivity index is 0.000000550. The van der Waals surface area contributed by atoms with E-state index in [1.54, 1.807) is 27.8 Å². The van der Waals surface area contributed by atoms with Crippen LogP contribution in [-0.2, 0) is 24.1 Å². The second kappa shape index (κ2) is 6.68. The van der Waals surface area contributed by atoms with Gasteiger partial charge in [0.25, 0.3) is 0 Å². The molecule has 0 saturated heterocycles. The van der Waals surface area contributed by atoms with Gasteiger partial charge in [0.2, 0.25) is 6.08 Å². The van der Waals surface area contributed by atoms with Crippen LogP contribution in [-0.4, -0.2) is 6.08 Å². The Labute approximate surface area is 116 Å². The van der Waals surface area contributed by atoms with Gasteiger partial charge in [0.05, 0.1) is 0 Å². The molecule has 0 saturated carbocycles. The molecule has 0 bridgehead atoms. The molecule has 0 atom stereocenters. The summed E-state index contributed by atoms with van der Waals surface area (Å²) in [4.78, 5) is 8.35. The number of rotatable bonds is 5. The largest absolute Gasteiger partial charge is 0.231 e. The zero-order valence-electron chi connectivity index (χ0n) is 12.8. The van der Waals surface area contributed by atoms with Crippen molar-refractivity contribution < 1.29 is 4.79 Å². The number of benzene rings is 1. The van der Waals surface area contributed by atoms with E-state index in [1.807, 2.05) is 0 Å². The summed E-state index contributed by atoms with van der Waals surface area (Å²) >= 11 is 0. The molecule has 0 radical (unpaired) electrons. The molecule has 2 aliphatic carbocycles. The van der Waals surface area contributed by atoms with E-state index in [1.165, 1.54) is 19.3 Å². The predicted molar refractivity (Wildman–Crippen MR) is 80.3 cm³/mol. The first-order valence-corrected chi connectivity index (χ1v) is 7.18. The number of hydrogen-bond donors (Lipinski definition) is 1. The first kappa shape index (κ1) is 15.7. The van der Waals surface area contributed by atoms with Gasteiger partial charge in [-0.25, -0.2) is 10.2 Å². The molecule has 19 heavy (non-hydrogen) atoms. The lowest BCUT2D eigenvalue weighted by atomic mass is 10.0. The first-order chi connectivity index (χ1) is 8.96. The van der Waals surface area contributed by atoms with Crippen molar-refractivity contribution in [3.63, 3.8) is 0 Å². The lowest BCUT2D eigenvalue weighted by Crippen LogP contribution is -1.94. The van der Waals surface area contributed by atoms with Crippen molar-refractivity contribution in [2.75, 3.05) is 0 Å². The van der Waals surface area contributed by atoms with Gasteiger partial charge in [0, 0.05) is 0 Å². The molecule has 104 valence electrons. The Hall–Kier alpha value is -1.40. The van der Waals surface area contributed by atoms with E-state index in [2.05, 4.69) is 40.7 Å². The fourth-order valence-corrected chi connectivity index (χ4v) is 2.84. The van der Waals surface area contributed by atoms with Crippen LogP contribution < -0.4 is 0 Å². The summed E-state index contributed by atoms with van der Waals surface area (Å²) < 4.78 is 0. The van der Waals surface area contributed by atoms with Gasteiger partial charge in [0.15, 0.2) is 0 Å². The maximum Gasteiger partial charge on any atom is 0.231 e. The molecule has 0 fully saturated rings. The smallest absolute Gasteiger partial charge is 0.222 e. The van der Waals surface area contributed by atoms with E-state index >= 15 is 0 Å². The topological polar surface area (TPSA) is 40.9 Å². The highest BCUT2D eigenvalue weighted by Crippen LogP contribution is 2.50. The molecule has 2 rings (SSSR count). The maximum atomic E-state index is 8.35. The van der Waals surface area contributed by atoms with Crippen molar-refractivity contribution in [3.05, 3.63) is 22.8 Å². The number of isocyanates is 1. The van der Waals surface area contributed by atoms with Crippen LogP contribution in [0, 0.1) is 17.2 Å². The summed E-state index contributed by atoms with van der Waals surface area (Å²) in [6.45, 7) is 11.5. The molecule has 0 aromatic heterocycles. The number of nitrogens with one attached hydrogen (secondary N) is 1. The molecule has 2 heteroatoms. The minimum atomic E-state index is 0.750. The fraction of sp³-hybridized carbons (Fsp3) is 0.588. The van der Waals surface area contributed by atoms with Crippen LogP contribution in [0.2, 0.25) is 0 Å². The van der Waals surface area contributed by atoms with Crippen molar-refractivity contribution in [1.29, 1.82) is 5.41 Å². The summed E-state index contributed by atoms with van der Waals surface area (Å²) in [5.41, 5.74) is 8.20. The predicted octanol–water partition coefficient (Wildman–Crippen LogP) is 4.53. The molecule has 0 spiro atoms. The number of fused-ring (bicyclic) bond motifs is 1. The summed E-state index contributed by atoms with van der Waals surface area (Å²) in [6.07, 6.45) is 4.48. The Morgan fingerprint density at radius 3 is 1.68 bits per heavy atom. The fourth-order valence-electron chi connectivity index (χ4n) is 2.84. The molecule has 0 aliphatic heterocycles. The number of carbonyl (C=O) groups excluding carboxylic acids is 1. The van der Waals surface area contributed by atoms with Gasteiger partial charge in [-0.05, 0) is 58.9 Å². The summed E-state index contributed by atoms with van der Waals surface area (Å²) in [7, 11) is 0. The molecule has 0 aromatic rings. The molecular weight excluding hydrogens is 234 g/mol. The van der Waals surface area contributed by atoms with Crippen molar-refractivity contribution in [2.45, 2.75) is 53.9 Å². The van der Waals surface area contributed by atoms with E-state index in [4.69, 9.17) is 10.2 Å². The Morgan fingerprint density at radius 2 is 1.42 bits per heavy atom. The van der Waals surface area contributed by atoms with Crippen molar-refractivity contribution in [1.82, 2.24) is 0 Å². The van der Waals surface area contributed by atoms with Crippen molar-refractivity contribution in [2.24, 2.45) is 11.8 Å². The molecule has 1 N–H and O–H groups in total. The quantitative estimate of drug-likeness (QED) is 0.622. The SMILES string of the molecule is CCc1c2c(CC(C)C)cc(CC(C)C)c1-2.N=C=O. The van der Waals surface area contributed by atoms with Crippen LogP contribution in [0.1, 0.15) is 51.3 Å². The van der Waals surface area contributed by atoms with Gasteiger partial charge in [-0.1, -0.05) is 40.7 Å². The van der Waals surface area contributed by atoms with Gasteiger partial charge in [-0.2, -0.15) is 0 Å². The third-order valence-corrected chi connectivity index (χ3v) is 3.39. The maximum absolute atomic E-state index is 8.35. The van der Waals surface area contributed by atoms with Crippen LogP contribution in [0.3, 0.4) is 0 Å². The van der Waals surface area contributed by atoms with Gasteiger partial charge >= 0.3 is 0 Å². The second-order valence-electron chi connectivity index (χ2n) is 6.07. The molecule has 0 heterocycles. The normalized spacial score (nSPS) is 11.1. The Morgan fingerprint density at radius 1 is 1.05 bits per heavy atom. The third kappa shape index (κ3) is 3.78. The average molecular weight is 259 g/mol. The molecule has 2 aliphatic rings. The van der Waals surface area contributed by atoms with Gasteiger partial charge in [0.1, 0.15) is 0 Å². The Kier molecular flexibility index (Phi) is 5.50.